The van der Waals surface area contributed by atoms with E-state index in [1.165, 1.54) is 6.07 Å². The van der Waals surface area contributed by atoms with Gasteiger partial charge in [0.15, 0.2) is 0 Å². The molecular weight excluding hydrogens is 420 g/mol. The van der Waals surface area contributed by atoms with Crippen LogP contribution in [0, 0.1) is 11.3 Å². The van der Waals surface area contributed by atoms with Crippen LogP contribution in [0.3, 0.4) is 0 Å². The normalized spacial score (nSPS) is 17.2. The van der Waals surface area contributed by atoms with E-state index in [0.29, 0.717) is 15.7 Å². The van der Waals surface area contributed by atoms with Crippen LogP contribution in [0.2, 0.25) is 0 Å². The first-order valence-corrected chi connectivity index (χ1v) is 8.30. The predicted octanol–water partition coefficient (Wildman–Crippen LogP) is 4.14. The molecule has 7 heteroatoms. The molecule has 0 N–H and O–H groups in total. The standard InChI is InChI=1S/C16H10F3IN2O/c17-16(18,19)15(23)22-8-11(6-20)14-12-3-1-9(7-21)5-10(12)2-4-13(14)22/h1-5,11H,6,8H2. The highest BCUT2D eigenvalue weighted by Crippen LogP contribution is 2.43. The van der Waals surface area contributed by atoms with E-state index in [-0.39, 0.29) is 12.5 Å². The van der Waals surface area contributed by atoms with Crippen LogP contribution in [0.25, 0.3) is 10.8 Å². The van der Waals surface area contributed by atoms with Gasteiger partial charge in [-0.2, -0.15) is 18.4 Å². The summed E-state index contributed by atoms with van der Waals surface area (Å²) in [5, 5.41) is 10.5. The molecule has 3 rings (SSSR count). The van der Waals surface area contributed by atoms with Gasteiger partial charge in [0, 0.05) is 22.6 Å². The van der Waals surface area contributed by atoms with E-state index < -0.39 is 12.1 Å². The molecule has 0 spiro atoms. The first kappa shape index (κ1) is 16.1. The van der Waals surface area contributed by atoms with Gasteiger partial charge in [0.25, 0.3) is 0 Å². The first-order valence-electron chi connectivity index (χ1n) is 6.78. The van der Waals surface area contributed by atoms with Gasteiger partial charge in [-0.1, -0.05) is 34.7 Å². The second-order valence-corrected chi connectivity index (χ2v) is 6.19. The first-order chi connectivity index (χ1) is 10.9. The molecule has 23 heavy (non-hydrogen) atoms. The number of carbonyl (C=O) groups excluding carboxylic acids is 1. The van der Waals surface area contributed by atoms with Crippen molar-refractivity contribution in [1.82, 2.24) is 0 Å². The molecule has 1 aliphatic rings. The number of hydrogen-bond acceptors (Lipinski definition) is 2. The van der Waals surface area contributed by atoms with Crippen LogP contribution in [-0.2, 0) is 4.79 Å². The molecule has 1 heterocycles. The zero-order valence-electron chi connectivity index (χ0n) is 11.7. The summed E-state index contributed by atoms with van der Waals surface area (Å²) in [5.74, 6) is -1.99. The maximum absolute atomic E-state index is 12.8. The van der Waals surface area contributed by atoms with E-state index >= 15 is 0 Å². The minimum absolute atomic E-state index is 0.0235. The molecule has 0 saturated heterocycles. The van der Waals surface area contributed by atoms with Crippen LogP contribution >= 0.6 is 22.6 Å². The molecule has 3 nitrogen and oxygen atoms in total. The number of rotatable bonds is 1. The number of fused-ring (bicyclic) bond motifs is 3. The van der Waals surface area contributed by atoms with E-state index in [1.54, 1.807) is 24.3 Å². The molecule has 0 aliphatic carbocycles. The zero-order valence-corrected chi connectivity index (χ0v) is 13.9. The van der Waals surface area contributed by atoms with E-state index in [1.807, 2.05) is 6.07 Å². The van der Waals surface area contributed by atoms with E-state index in [2.05, 4.69) is 22.6 Å². The lowest BCUT2D eigenvalue weighted by molar-refractivity contribution is -0.170. The number of carbonyl (C=O) groups is 1. The van der Waals surface area contributed by atoms with Crippen LogP contribution < -0.4 is 4.90 Å². The highest BCUT2D eigenvalue weighted by Gasteiger charge is 2.46. The molecule has 1 amide bonds. The molecule has 0 fully saturated rings. The molecule has 1 aliphatic heterocycles. The van der Waals surface area contributed by atoms with Crippen LogP contribution in [0.4, 0.5) is 18.9 Å². The van der Waals surface area contributed by atoms with E-state index in [0.717, 1.165) is 21.2 Å². The molecule has 118 valence electrons. The minimum Gasteiger partial charge on any atom is -0.304 e. The van der Waals surface area contributed by atoms with Crippen molar-refractivity contribution in [2.24, 2.45) is 0 Å². The van der Waals surface area contributed by atoms with Gasteiger partial charge in [0.05, 0.1) is 11.6 Å². The van der Waals surface area contributed by atoms with Crippen molar-refractivity contribution in [3.8, 4) is 6.07 Å². The summed E-state index contributed by atoms with van der Waals surface area (Å²) in [6.07, 6.45) is -4.89. The average Bonchev–Trinajstić information content (AvgIpc) is 2.91. The van der Waals surface area contributed by atoms with Crippen LogP contribution in [-0.4, -0.2) is 23.1 Å². The Labute approximate surface area is 143 Å². The average molecular weight is 430 g/mol. The van der Waals surface area contributed by atoms with Gasteiger partial charge in [-0.15, -0.1) is 0 Å². The molecule has 0 radical (unpaired) electrons. The molecule has 0 bridgehead atoms. The van der Waals surface area contributed by atoms with Crippen molar-refractivity contribution >= 4 is 45.0 Å². The van der Waals surface area contributed by atoms with Crippen molar-refractivity contribution in [3.05, 3.63) is 41.5 Å². The summed E-state index contributed by atoms with van der Waals surface area (Å²) in [7, 11) is 0. The lowest BCUT2D eigenvalue weighted by Crippen LogP contribution is -2.40. The number of halogens is 4. The fraction of sp³-hybridized carbons (Fsp3) is 0.250. The quantitative estimate of drug-likeness (QED) is 0.505. The van der Waals surface area contributed by atoms with Crippen molar-refractivity contribution in [1.29, 1.82) is 5.26 Å². The topological polar surface area (TPSA) is 44.1 Å². The number of nitrogens with zero attached hydrogens (tertiary/aromatic N) is 2. The van der Waals surface area contributed by atoms with Gasteiger partial charge in [0.2, 0.25) is 0 Å². The molecule has 2 aromatic rings. The van der Waals surface area contributed by atoms with Crippen molar-refractivity contribution in [2.45, 2.75) is 12.1 Å². The van der Waals surface area contributed by atoms with Crippen molar-refractivity contribution in [3.63, 3.8) is 0 Å². The Morgan fingerprint density at radius 3 is 2.70 bits per heavy atom. The molecule has 0 saturated carbocycles. The smallest absolute Gasteiger partial charge is 0.304 e. The summed E-state index contributed by atoms with van der Waals surface area (Å²) in [6, 6.07) is 10.3. The Bertz CT molecular complexity index is 842. The van der Waals surface area contributed by atoms with Crippen molar-refractivity contribution < 1.29 is 18.0 Å². The highest BCUT2D eigenvalue weighted by atomic mass is 127. The number of benzene rings is 2. The van der Waals surface area contributed by atoms with Gasteiger partial charge in [-0.05, 0) is 34.5 Å². The summed E-state index contributed by atoms with van der Waals surface area (Å²) in [6.45, 7) is 0.0235. The van der Waals surface area contributed by atoms with Gasteiger partial charge in [-0.3, -0.25) is 4.79 Å². The van der Waals surface area contributed by atoms with E-state index in [9.17, 15) is 18.0 Å². The molecule has 2 aromatic carbocycles. The summed E-state index contributed by atoms with van der Waals surface area (Å²) in [4.78, 5) is 12.5. The maximum atomic E-state index is 12.8. The Morgan fingerprint density at radius 2 is 2.09 bits per heavy atom. The minimum atomic E-state index is -4.89. The van der Waals surface area contributed by atoms with Crippen molar-refractivity contribution in [2.75, 3.05) is 15.9 Å². The summed E-state index contributed by atoms with van der Waals surface area (Å²) < 4.78 is 39.0. The van der Waals surface area contributed by atoms with Gasteiger partial charge in [0.1, 0.15) is 0 Å². The van der Waals surface area contributed by atoms with E-state index in [4.69, 9.17) is 5.26 Å². The zero-order chi connectivity index (χ0) is 16.8. The van der Waals surface area contributed by atoms with Gasteiger partial charge < -0.3 is 4.90 Å². The number of anilines is 1. The predicted molar refractivity (Wildman–Crippen MR) is 88.7 cm³/mol. The summed E-state index contributed by atoms with van der Waals surface area (Å²) >= 11 is 2.12. The maximum Gasteiger partial charge on any atom is 0.471 e. The Hall–Kier alpha value is -1.82. The number of alkyl halides is 4. The lowest BCUT2D eigenvalue weighted by atomic mass is 9.95. The summed E-state index contributed by atoms with van der Waals surface area (Å²) in [5.41, 5.74) is 1.55. The van der Waals surface area contributed by atoms with Crippen LogP contribution in [0.15, 0.2) is 30.3 Å². The van der Waals surface area contributed by atoms with Crippen LogP contribution in [0.5, 0.6) is 0 Å². The third-order valence-corrected chi connectivity index (χ3v) is 5.01. The number of amides is 1. The largest absolute Gasteiger partial charge is 0.471 e. The van der Waals surface area contributed by atoms with Gasteiger partial charge in [-0.25, -0.2) is 0 Å². The Morgan fingerprint density at radius 1 is 1.35 bits per heavy atom. The fourth-order valence-corrected chi connectivity index (χ4v) is 3.68. The Kier molecular flexibility index (Phi) is 3.96. The second kappa shape index (κ2) is 5.67. The number of nitriles is 1. The fourth-order valence-electron chi connectivity index (χ4n) is 2.96. The molecular formula is C16H10F3IN2O. The molecule has 1 unspecified atom stereocenters. The monoisotopic (exact) mass is 430 g/mol. The SMILES string of the molecule is N#Cc1ccc2c3c(ccc2c1)N(C(=O)C(F)(F)F)CC3CI. The third-order valence-electron chi connectivity index (χ3n) is 3.94. The highest BCUT2D eigenvalue weighted by molar-refractivity contribution is 14.1. The molecule has 1 atom stereocenters. The third kappa shape index (κ3) is 2.65. The second-order valence-electron chi connectivity index (χ2n) is 5.31. The Balaban J connectivity index is 2.19. The van der Waals surface area contributed by atoms with Gasteiger partial charge >= 0.3 is 12.1 Å². The molecule has 0 aromatic heterocycles. The van der Waals surface area contributed by atoms with Crippen LogP contribution in [0.1, 0.15) is 17.0 Å². The lowest BCUT2D eigenvalue weighted by Gasteiger charge is -2.19. The number of hydrogen-bond donors (Lipinski definition) is 0.